The number of hydrogen-bond donors (Lipinski definition) is 2. The van der Waals surface area contributed by atoms with Gasteiger partial charge in [0.2, 0.25) is 0 Å². The van der Waals surface area contributed by atoms with Crippen molar-refractivity contribution < 1.29 is 14.3 Å². The normalized spacial score (nSPS) is 10.2. The van der Waals surface area contributed by atoms with Crippen molar-refractivity contribution in [3.63, 3.8) is 0 Å². The molecule has 0 aliphatic rings. The molecule has 3 nitrogen and oxygen atoms in total. The number of benzene rings is 2. The van der Waals surface area contributed by atoms with E-state index in [-0.39, 0.29) is 6.42 Å². The molecule has 5 heteroatoms. The number of aliphatic carboxylic acids is 1. The number of rotatable bonds is 4. The fourth-order valence-electron chi connectivity index (χ4n) is 1.70. The van der Waals surface area contributed by atoms with E-state index < -0.39 is 11.8 Å². The Morgan fingerprint density at radius 3 is 2.63 bits per heavy atom. The highest BCUT2D eigenvalue weighted by molar-refractivity contribution is 6.33. The molecule has 0 spiro atoms. The molecule has 0 aliphatic heterocycles. The lowest BCUT2D eigenvalue weighted by Crippen LogP contribution is -2.04. The average molecular weight is 280 g/mol. The molecule has 2 N–H and O–H groups in total. The molecule has 0 saturated carbocycles. The van der Waals surface area contributed by atoms with E-state index in [1.54, 1.807) is 24.3 Å². The zero-order valence-corrected chi connectivity index (χ0v) is 10.6. The van der Waals surface area contributed by atoms with Gasteiger partial charge in [-0.05, 0) is 35.9 Å². The minimum absolute atomic E-state index is 0.259. The zero-order chi connectivity index (χ0) is 13.8. The quantitative estimate of drug-likeness (QED) is 0.894. The monoisotopic (exact) mass is 279 g/mol. The summed E-state index contributed by atoms with van der Waals surface area (Å²) in [7, 11) is 0. The SMILES string of the molecule is O=C(O)Cc1cc(F)ccc1Nc1ccccc1Cl. The number of hydrogen-bond acceptors (Lipinski definition) is 2. The van der Waals surface area contributed by atoms with Gasteiger partial charge in [-0.15, -0.1) is 0 Å². The van der Waals surface area contributed by atoms with Gasteiger partial charge >= 0.3 is 5.97 Å². The van der Waals surface area contributed by atoms with Crippen molar-refractivity contribution >= 4 is 28.9 Å². The summed E-state index contributed by atoms with van der Waals surface area (Å²) in [4.78, 5) is 10.8. The van der Waals surface area contributed by atoms with Gasteiger partial charge in [-0.2, -0.15) is 0 Å². The Morgan fingerprint density at radius 2 is 1.95 bits per heavy atom. The van der Waals surface area contributed by atoms with Crippen LogP contribution in [0.3, 0.4) is 0 Å². The van der Waals surface area contributed by atoms with E-state index in [0.29, 0.717) is 22.0 Å². The fraction of sp³-hybridized carbons (Fsp3) is 0.0714. The number of carboxylic acid groups (broad SMARTS) is 1. The third-order valence-corrected chi connectivity index (χ3v) is 2.88. The van der Waals surface area contributed by atoms with Crippen molar-refractivity contribution in [1.29, 1.82) is 0 Å². The number of carboxylic acids is 1. The predicted molar refractivity (Wildman–Crippen MR) is 72.5 cm³/mol. The highest BCUT2D eigenvalue weighted by Crippen LogP contribution is 2.27. The molecule has 19 heavy (non-hydrogen) atoms. The van der Waals surface area contributed by atoms with Gasteiger partial charge in [-0.25, -0.2) is 4.39 Å². The van der Waals surface area contributed by atoms with Crippen LogP contribution in [-0.2, 0) is 11.2 Å². The van der Waals surface area contributed by atoms with Crippen LogP contribution in [0.1, 0.15) is 5.56 Å². The molecule has 0 radical (unpaired) electrons. The Morgan fingerprint density at radius 1 is 1.21 bits per heavy atom. The molecular weight excluding hydrogens is 269 g/mol. The van der Waals surface area contributed by atoms with Gasteiger partial charge < -0.3 is 10.4 Å². The van der Waals surface area contributed by atoms with Gasteiger partial charge in [-0.1, -0.05) is 23.7 Å². The van der Waals surface area contributed by atoms with E-state index in [2.05, 4.69) is 5.32 Å². The lowest BCUT2D eigenvalue weighted by atomic mass is 10.1. The van der Waals surface area contributed by atoms with Crippen molar-refractivity contribution in [2.45, 2.75) is 6.42 Å². The van der Waals surface area contributed by atoms with E-state index in [1.807, 2.05) is 0 Å². The first kappa shape index (κ1) is 13.4. The number of nitrogens with one attached hydrogen (secondary N) is 1. The second-order valence-corrected chi connectivity index (χ2v) is 4.38. The molecule has 0 saturated heterocycles. The van der Waals surface area contributed by atoms with E-state index in [1.165, 1.54) is 18.2 Å². The molecule has 0 fully saturated rings. The third-order valence-electron chi connectivity index (χ3n) is 2.55. The Kier molecular flexibility index (Phi) is 4.02. The first-order valence-electron chi connectivity index (χ1n) is 5.58. The van der Waals surface area contributed by atoms with Crippen LogP contribution in [0.25, 0.3) is 0 Å². The minimum atomic E-state index is -1.02. The molecule has 2 rings (SSSR count). The second kappa shape index (κ2) is 5.71. The van der Waals surface area contributed by atoms with Gasteiger partial charge in [0, 0.05) is 5.69 Å². The van der Waals surface area contributed by atoms with E-state index in [0.717, 1.165) is 0 Å². The molecule has 0 aromatic heterocycles. The number of para-hydroxylation sites is 1. The summed E-state index contributed by atoms with van der Waals surface area (Å²) < 4.78 is 13.2. The number of carbonyl (C=O) groups is 1. The van der Waals surface area contributed by atoms with Gasteiger partial charge in [0.1, 0.15) is 5.82 Å². The summed E-state index contributed by atoms with van der Waals surface area (Å²) in [6.07, 6.45) is -0.259. The van der Waals surface area contributed by atoms with Crippen LogP contribution < -0.4 is 5.32 Å². The molecule has 98 valence electrons. The van der Waals surface area contributed by atoms with Crippen LogP contribution in [0.15, 0.2) is 42.5 Å². The van der Waals surface area contributed by atoms with E-state index in [4.69, 9.17) is 16.7 Å². The zero-order valence-electron chi connectivity index (χ0n) is 9.86. The topological polar surface area (TPSA) is 49.3 Å². The second-order valence-electron chi connectivity index (χ2n) is 3.98. The summed E-state index contributed by atoms with van der Waals surface area (Å²) in [6.45, 7) is 0. The molecule has 0 unspecified atom stereocenters. The van der Waals surface area contributed by atoms with Gasteiger partial charge in [0.25, 0.3) is 0 Å². The van der Waals surface area contributed by atoms with Crippen molar-refractivity contribution in [3.05, 3.63) is 58.9 Å². The molecule has 0 aliphatic carbocycles. The largest absolute Gasteiger partial charge is 0.481 e. The molecule has 0 amide bonds. The Labute approximate surface area is 114 Å². The van der Waals surface area contributed by atoms with Gasteiger partial charge in [0.05, 0.1) is 17.1 Å². The fourth-order valence-corrected chi connectivity index (χ4v) is 1.88. The summed E-state index contributed by atoms with van der Waals surface area (Å²) in [5.74, 6) is -1.49. The highest BCUT2D eigenvalue weighted by atomic mass is 35.5. The molecule has 2 aromatic carbocycles. The van der Waals surface area contributed by atoms with Crippen LogP contribution in [-0.4, -0.2) is 11.1 Å². The Hall–Kier alpha value is -2.07. The average Bonchev–Trinajstić information content (AvgIpc) is 2.34. The first-order chi connectivity index (χ1) is 9.06. The van der Waals surface area contributed by atoms with Crippen LogP contribution >= 0.6 is 11.6 Å². The Bertz CT molecular complexity index is 616. The maximum Gasteiger partial charge on any atom is 0.307 e. The smallest absolute Gasteiger partial charge is 0.307 e. The highest BCUT2D eigenvalue weighted by Gasteiger charge is 2.09. The molecule has 0 atom stereocenters. The van der Waals surface area contributed by atoms with Crippen LogP contribution in [0.2, 0.25) is 5.02 Å². The van der Waals surface area contributed by atoms with E-state index >= 15 is 0 Å². The lowest BCUT2D eigenvalue weighted by molar-refractivity contribution is -0.136. The maximum absolute atomic E-state index is 13.2. The number of anilines is 2. The minimum Gasteiger partial charge on any atom is -0.481 e. The summed E-state index contributed by atoms with van der Waals surface area (Å²) in [5.41, 5.74) is 1.53. The van der Waals surface area contributed by atoms with Crippen LogP contribution in [0.4, 0.5) is 15.8 Å². The maximum atomic E-state index is 13.2. The van der Waals surface area contributed by atoms with Crippen molar-refractivity contribution in [2.75, 3.05) is 5.32 Å². The van der Waals surface area contributed by atoms with Gasteiger partial charge in [0.15, 0.2) is 0 Å². The Balaban J connectivity index is 2.34. The van der Waals surface area contributed by atoms with Crippen molar-refractivity contribution in [3.8, 4) is 0 Å². The van der Waals surface area contributed by atoms with Crippen molar-refractivity contribution in [2.24, 2.45) is 0 Å². The van der Waals surface area contributed by atoms with Crippen LogP contribution in [0.5, 0.6) is 0 Å². The van der Waals surface area contributed by atoms with Crippen LogP contribution in [0, 0.1) is 5.82 Å². The first-order valence-corrected chi connectivity index (χ1v) is 5.96. The van der Waals surface area contributed by atoms with Gasteiger partial charge in [-0.3, -0.25) is 4.79 Å². The summed E-state index contributed by atoms with van der Waals surface area (Å²) >= 11 is 6.01. The predicted octanol–water partition coefficient (Wildman–Crippen LogP) is 3.85. The third kappa shape index (κ3) is 3.45. The molecule has 2 aromatic rings. The summed E-state index contributed by atoms with van der Waals surface area (Å²) in [6, 6.07) is 11.0. The number of halogens is 2. The van der Waals surface area contributed by atoms with E-state index in [9.17, 15) is 9.18 Å². The molecular formula is C14H11ClFNO2. The summed E-state index contributed by atoms with van der Waals surface area (Å²) in [5, 5.41) is 12.3. The standard InChI is InChI=1S/C14H11ClFNO2/c15-11-3-1-2-4-13(11)17-12-6-5-10(16)7-9(12)8-14(18)19/h1-7,17H,8H2,(H,18,19). The molecule has 0 heterocycles. The molecule has 0 bridgehead atoms. The lowest BCUT2D eigenvalue weighted by Gasteiger charge is -2.12. The van der Waals surface area contributed by atoms with Crippen molar-refractivity contribution in [1.82, 2.24) is 0 Å².